The van der Waals surface area contributed by atoms with Crippen molar-refractivity contribution in [3.8, 4) is 0 Å². The molecule has 0 aromatic heterocycles. The zero-order valence-electron chi connectivity index (χ0n) is 17.9. The molecular formula is C23H36ClF3O3. The second-order valence-electron chi connectivity index (χ2n) is 10.4. The monoisotopic (exact) mass is 452 g/mol. The predicted molar refractivity (Wildman–Crippen MR) is 109 cm³/mol. The summed E-state index contributed by atoms with van der Waals surface area (Å²) in [6, 6.07) is 0. The van der Waals surface area contributed by atoms with Gasteiger partial charge in [0.25, 0.3) is 0 Å². The fourth-order valence-corrected chi connectivity index (χ4v) is 6.76. The summed E-state index contributed by atoms with van der Waals surface area (Å²) in [5.74, 6) is 1.35. The van der Waals surface area contributed by atoms with Crippen LogP contribution in [0, 0.1) is 35.5 Å². The lowest BCUT2D eigenvalue weighted by molar-refractivity contribution is -0.227. The molecule has 0 spiro atoms. The van der Waals surface area contributed by atoms with Gasteiger partial charge in [0.2, 0.25) is 0 Å². The van der Waals surface area contributed by atoms with E-state index in [1.165, 1.54) is 0 Å². The molecule has 30 heavy (non-hydrogen) atoms. The van der Waals surface area contributed by atoms with Crippen LogP contribution >= 0.6 is 11.9 Å². The number of alkyl halides is 3. The van der Waals surface area contributed by atoms with Crippen LogP contribution in [0.5, 0.6) is 0 Å². The average Bonchev–Trinajstić information content (AvgIpc) is 2.74. The highest BCUT2D eigenvalue weighted by Gasteiger charge is 2.46. The van der Waals surface area contributed by atoms with E-state index < -0.39 is 24.6 Å². The summed E-state index contributed by atoms with van der Waals surface area (Å²) < 4.78 is 59.8. The minimum absolute atomic E-state index is 0.0683. The van der Waals surface area contributed by atoms with Gasteiger partial charge in [-0.1, -0.05) is 6.92 Å². The Labute approximate surface area is 183 Å². The van der Waals surface area contributed by atoms with Crippen LogP contribution in [0.2, 0.25) is 0 Å². The predicted octanol–water partition coefficient (Wildman–Crippen LogP) is 6.18. The smallest absolute Gasteiger partial charge is 0.160 e. The van der Waals surface area contributed by atoms with Crippen molar-refractivity contribution in [2.45, 2.75) is 95.6 Å². The highest BCUT2D eigenvalue weighted by atomic mass is 35.5. The lowest BCUT2D eigenvalue weighted by atomic mass is 9.64. The molecule has 174 valence electrons. The van der Waals surface area contributed by atoms with Gasteiger partial charge in [0, 0.05) is 11.8 Å². The molecule has 0 aromatic carbocycles. The molecule has 1 saturated heterocycles. The summed E-state index contributed by atoms with van der Waals surface area (Å²) in [6.07, 6.45) is 1.73. The van der Waals surface area contributed by atoms with Crippen molar-refractivity contribution in [1.82, 2.24) is 0 Å². The minimum atomic E-state index is -1.45. The van der Waals surface area contributed by atoms with Gasteiger partial charge in [0.1, 0.15) is 24.6 Å². The second kappa shape index (κ2) is 10.3. The molecule has 4 aliphatic rings. The van der Waals surface area contributed by atoms with E-state index in [-0.39, 0.29) is 31.0 Å². The standard InChI is InChI=1S/C23H36ClF3O3/c1-13-11-28-23(29-12-13)15-4-2-14(3-5-15)16-6-7-18(19(25)8-16)17-9-20(26)22(30-24)21(27)10-17/h13-23H,2-12H2,1H3. The van der Waals surface area contributed by atoms with Crippen molar-refractivity contribution in [2.24, 2.45) is 35.5 Å². The minimum Gasteiger partial charge on any atom is -0.352 e. The van der Waals surface area contributed by atoms with Gasteiger partial charge < -0.3 is 9.47 Å². The van der Waals surface area contributed by atoms with Gasteiger partial charge >= 0.3 is 0 Å². The van der Waals surface area contributed by atoms with E-state index in [9.17, 15) is 8.78 Å². The van der Waals surface area contributed by atoms with E-state index >= 15 is 4.39 Å². The molecule has 0 N–H and O–H groups in total. The topological polar surface area (TPSA) is 27.7 Å². The Hall–Kier alpha value is -0.0400. The van der Waals surface area contributed by atoms with Crippen molar-refractivity contribution >= 4 is 11.9 Å². The fraction of sp³-hybridized carbons (Fsp3) is 1.00. The van der Waals surface area contributed by atoms with E-state index in [1.54, 1.807) is 0 Å². The summed E-state index contributed by atoms with van der Waals surface area (Å²) in [6.45, 7) is 3.68. The molecule has 3 saturated carbocycles. The molecule has 0 amide bonds. The van der Waals surface area contributed by atoms with Crippen molar-refractivity contribution in [1.29, 1.82) is 0 Å². The van der Waals surface area contributed by atoms with Crippen LogP contribution in [0.4, 0.5) is 13.2 Å². The molecule has 4 rings (SSSR count). The third-order valence-electron chi connectivity index (χ3n) is 8.30. The van der Waals surface area contributed by atoms with Crippen LogP contribution in [0.15, 0.2) is 0 Å². The van der Waals surface area contributed by atoms with Gasteiger partial charge in [-0.15, -0.1) is 0 Å². The van der Waals surface area contributed by atoms with Gasteiger partial charge in [0.05, 0.1) is 25.1 Å². The first-order valence-corrected chi connectivity index (χ1v) is 12.2. The highest BCUT2D eigenvalue weighted by Crippen LogP contribution is 2.48. The zero-order valence-corrected chi connectivity index (χ0v) is 18.6. The summed E-state index contributed by atoms with van der Waals surface area (Å²) in [5, 5.41) is 0. The van der Waals surface area contributed by atoms with Gasteiger partial charge in [-0.3, -0.25) is 4.29 Å². The Morgan fingerprint density at radius 3 is 1.80 bits per heavy atom. The lowest BCUT2D eigenvalue weighted by Crippen LogP contribution is -2.45. The van der Waals surface area contributed by atoms with Crippen LogP contribution in [-0.2, 0) is 13.8 Å². The lowest BCUT2D eigenvalue weighted by Gasteiger charge is -2.44. The summed E-state index contributed by atoms with van der Waals surface area (Å²) in [4.78, 5) is 0. The molecule has 5 unspecified atom stereocenters. The Bertz CT molecular complexity index is 528. The number of hydrogen-bond donors (Lipinski definition) is 0. The first kappa shape index (κ1) is 23.1. The van der Waals surface area contributed by atoms with Gasteiger partial charge in [-0.05, 0) is 81.5 Å². The van der Waals surface area contributed by atoms with Crippen LogP contribution in [-0.4, -0.2) is 44.1 Å². The van der Waals surface area contributed by atoms with E-state index in [4.69, 9.17) is 21.3 Å². The van der Waals surface area contributed by atoms with Crippen LogP contribution in [0.1, 0.15) is 64.7 Å². The Balaban J connectivity index is 1.24. The van der Waals surface area contributed by atoms with Gasteiger partial charge in [-0.2, -0.15) is 0 Å². The van der Waals surface area contributed by atoms with Gasteiger partial charge in [0.15, 0.2) is 6.29 Å². The Morgan fingerprint density at radius 2 is 1.23 bits per heavy atom. The second-order valence-corrected chi connectivity index (χ2v) is 10.6. The maximum absolute atomic E-state index is 15.1. The number of rotatable bonds is 4. The van der Waals surface area contributed by atoms with Crippen LogP contribution in [0.3, 0.4) is 0 Å². The molecular weight excluding hydrogens is 417 g/mol. The van der Waals surface area contributed by atoms with Crippen LogP contribution < -0.4 is 0 Å². The fourth-order valence-electron chi connectivity index (χ4n) is 6.53. The summed E-state index contributed by atoms with van der Waals surface area (Å²) >= 11 is 5.23. The Kier molecular flexibility index (Phi) is 7.92. The van der Waals surface area contributed by atoms with Crippen molar-refractivity contribution in [3.63, 3.8) is 0 Å². The maximum Gasteiger partial charge on any atom is 0.160 e. The van der Waals surface area contributed by atoms with Crippen molar-refractivity contribution < 1.29 is 26.9 Å². The Morgan fingerprint density at radius 1 is 0.700 bits per heavy atom. The molecule has 1 aliphatic heterocycles. The highest BCUT2D eigenvalue weighted by molar-refractivity contribution is 6.07. The van der Waals surface area contributed by atoms with E-state index in [2.05, 4.69) is 11.2 Å². The third-order valence-corrected chi connectivity index (χ3v) is 8.50. The maximum atomic E-state index is 15.1. The first-order chi connectivity index (χ1) is 14.5. The van der Waals surface area contributed by atoms with E-state index in [0.717, 1.165) is 51.7 Å². The molecule has 0 bridgehead atoms. The third kappa shape index (κ3) is 5.13. The summed E-state index contributed by atoms with van der Waals surface area (Å²) in [7, 11) is 0. The number of hydrogen-bond acceptors (Lipinski definition) is 3. The molecule has 1 heterocycles. The summed E-state index contributed by atoms with van der Waals surface area (Å²) in [5.41, 5.74) is 0. The molecule has 4 fully saturated rings. The van der Waals surface area contributed by atoms with E-state index in [1.807, 2.05) is 0 Å². The number of halogens is 4. The average molecular weight is 453 g/mol. The van der Waals surface area contributed by atoms with Crippen molar-refractivity contribution in [2.75, 3.05) is 13.2 Å². The molecule has 7 heteroatoms. The molecule has 3 aliphatic carbocycles. The number of ether oxygens (including phenoxy) is 2. The molecule has 3 nitrogen and oxygen atoms in total. The normalized spacial score (nSPS) is 50.9. The zero-order chi connectivity index (χ0) is 21.3. The quantitative estimate of drug-likeness (QED) is 0.509. The van der Waals surface area contributed by atoms with Crippen LogP contribution in [0.25, 0.3) is 0 Å². The van der Waals surface area contributed by atoms with Crippen molar-refractivity contribution in [3.05, 3.63) is 0 Å². The molecule has 0 radical (unpaired) electrons. The van der Waals surface area contributed by atoms with Gasteiger partial charge in [-0.25, -0.2) is 13.2 Å². The molecule has 5 atom stereocenters. The first-order valence-electron chi connectivity index (χ1n) is 11.9. The SMILES string of the molecule is CC1COC(C2CCC(C3CCC(C4CC(F)C(OCl)C(F)C4)C(F)C3)CC2)OC1. The van der Waals surface area contributed by atoms with E-state index in [0.29, 0.717) is 30.1 Å². The largest absolute Gasteiger partial charge is 0.352 e. The molecule has 0 aromatic rings.